The first-order valence-electron chi connectivity index (χ1n) is 11.6. The fourth-order valence-electron chi connectivity index (χ4n) is 3.78. The van der Waals surface area contributed by atoms with Crippen molar-refractivity contribution in [1.82, 2.24) is 9.55 Å². The Labute approximate surface area is 229 Å². The van der Waals surface area contributed by atoms with Gasteiger partial charge in [0, 0.05) is 6.20 Å². The Kier molecular flexibility index (Phi) is 8.49. The van der Waals surface area contributed by atoms with E-state index >= 15 is 8.78 Å². The van der Waals surface area contributed by atoms with Gasteiger partial charge in [-0.2, -0.15) is 13.8 Å². The zero-order chi connectivity index (χ0) is 30.0. The Morgan fingerprint density at radius 1 is 1.00 bits per heavy atom. The number of aliphatic hydroxyl groups excluding tert-OH is 1. The second-order valence-electron chi connectivity index (χ2n) is 8.56. The van der Waals surface area contributed by atoms with Gasteiger partial charge in [-0.15, -0.1) is 0 Å². The molecule has 0 saturated carbocycles. The van der Waals surface area contributed by atoms with E-state index in [1.807, 2.05) is 0 Å². The SMILES string of the molecule is COc1ccc(OP(=O)(OC[C@@]2(C(F)F)O[C@@H](n3ccc(N)nc3=O)C(O)C2(F)F)Oc2ccc(OC)cc2)cc1. The molecule has 3 aromatic rings. The lowest BCUT2D eigenvalue weighted by Gasteiger charge is -2.33. The number of rotatable bonds is 11. The molecule has 0 bridgehead atoms. The van der Waals surface area contributed by atoms with Gasteiger partial charge in [0.25, 0.3) is 6.43 Å². The normalized spacial score (nSPS) is 22.0. The third-order valence-corrected chi connectivity index (χ3v) is 7.32. The van der Waals surface area contributed by atoms with Crippen LogP contribution in [-0.4, -0.2) is 59.5 Å². The molecule has 12 nitrogen and oxygen atoms in total. The van der Waals surface area contributed by atoms with Crippen LogP contribution in [0.5, 0.6) is 23.0 Å². The third kappa shape index (κ3) is 5.95. The summed E-state index contributed by atoms with van der Waals surface area (Å²) in [4.78, 5) is 15.5. The number of aromatic nitrogens is 2. The summed E-state index contributed by atoms with van der Waals surface area (Å²) in [5.74, 6) is -4.60. The molecule has 17 heteroatoms. The summed E-state index contributed by atoms with van der Waals surface area (Å²) in [5, 5.41) is 10.3. The summed E-state index contributed by atoms with van der Waals surface area (Å²) >= 11 is 0. The first-order chi connectivity index (χ1) is 19.3. The van der Waals surface area contributed by atoms with Gasteiger partial charge in [0.05, 0.1) is 14.2 Å². The number of ether oxygens (including phenoxy) is 3. The van der Waals surface area contributed by atoms with Gasteiger partial charge >= 0.3 is 19.4 Å². The summed E-state index contributed by atoms with van der Waals surface area (Å²) in [6, 6.07) is 11.7. The number of anilines is 1. The molecule has 222 valence electrons. The average molecular weight is 605 g/mol. The minimum absolute atomic E-state index is 0.162. The van der Waals surface area contributed by atoms with E-state index in [0.717, 1.165) is 12.3 Å². The maximum atomic E-state index is 15.4. The van der Waals surface area contributed by atoms with Crippen molar-refractivity contribution in [3.05, 3.63) is 71.3 Å². The predicted octanol–water partition coefficient (Wildman–Crippen LogP) is 3.65. The number of alkyl halides is 4. The Morgan fingerprint density at radius 2 is 1.49 bits per heavy atom. The van der Waals surface area contributed by atoms with Crippen molar-refractivity contribution in [2.45, 2.75) is 30.3 Å². The molecule has 1 unspecified atom stereocenters. The Hall–Kier alpha value is -3.85. The molecule has 1 aliphatic heterocycles. The highest BCUT2D eigenvalue weighted by Gasteiger charge is 2.74. The van der Waals surface area contributed by atoms with Crippen LogP contribution in [0.15, 0.2) is 65.6 Å². The summed E-state index contributed by atoms with van der Waals surface area (Å²) in [7, 11) is -2.26. The second-order valence-corrected chi connectivity index (χ2v) is 10.1. The van der Waals surface area contributed by atoms with Crippen molar-refractivity contribution in [3.8, 4) is 23.0 Å². The van der Waals surface area contributed by atoms with Crippen molar-refractivity contribution in [2.24, 2.45) is 0 Å². The highest BCUT2D eigenvalue weighted by atomic mass is 31.2. The molecule has 1 aromatic heterocycles. The molecule has 0 aliphatic carbocycles. The number of hydrogen-bond donors (Lipinski definition) is 2. The van der Waals surface area contributed by atoms with Gasteiger partial charge in [-0.1, -0.05) is 0 Å². The Morgan fingerprint density at radius 3 is 1.93 bits per heavy atom. The first kappa shape index (κ1) is 30.1. The zero-order valence-electron chi connectivity index (χ0n) is 21.4. The van der Waals surface area contributed by atoms with Crippen molar-refractivity contribution in [3.63, 3.8) is 0 Å². The Balaban J connectivity index is 1.68. The van der Waals surface area contributed by atoms with Gasteiger partial charge in [0.15, 0.2) is 12.3 Å². The van der Waals surface area contributed by atoms with Crippen molar-refractivity contribution < 1.29 is 55.0 Å². The van der Waals surface area contributed by atoms with Crippen molar-refractivity contribution in [2.75, 3.05) is 26.6 Å². The van der Waals surface area contributed by atoms with Crippen molar-refractivity contribution >= 4 is 13.6 Å². The maximum absolute atomic E-state index is 15.4. The molecule has 3 N–H and O–H groups in total. The molecule has 4 rings (SSSR count). The first-order valence-corrected chi connectivity index (χ1v) is 13.1. The van der Waals surface area contributed by atoms with Crippen LogP contribution in [0.2, 0.25) is 0 Å². The number of phosphoric acid groups is 1. The molecule has 1 fully saturated rings. The monoisotopic (exact) mass is 605 g/mol. The molecule has 3 atom stereocenters. The van der Waals surface area contributed by atoms with Crippen LogP contribution >= 0.6 is 7.82 Å². The van der Waals surface area contributed by atoms with Crippen LogP contribution in [0.3, 0.4) is 0 Å². The zero-order valence-corrected chi connectivity index (χ0v) is 22.3. The third-order valence-electron chi connectivity index (χ3n) is 6.01. The van der Waals surface area contributed by atoms with E-state index in [-0.39, 0.29) is 17.3 Å². The lowest BCUT2D eigenvalue weighted by atomic mass is 9.95. The minimum atomic E-state index is -5.04. The van der Waals surface area contributed by atoms with Gasteiger partial charge in [-0.25, -0.2) is 18.1 Å². The lowest BCUT2D eigenvalue weighted by Crippen LogP contribution is -2.57. The average Bonchev–Trinajstić information content (AvgIpc) is 3.14. The topological polar surface area (TPSA) is 154 Å². The van der Waals surface area contributed by atoms with Gasteiger partial charge in [0.2, 0.25) is 5.60 Å². The van der Waals surface area contributed by atoms with E-state index < -0.39 is 50.4 Å². The van der Waals surface area contributed by atoms with Gasteiger partial charge in [-0.3, -0.25) is 9.09 Å². The smallest absolute Gasteiger partial charge is 0.497 e. The summed E-state index contributed by atoms with van der Waals surface area (Å²) < 4.78 is 104. The molecule has 0 spiro atoms. The number of methoxy groups -OCH3 is 2. The molecule has 0 radical (unpaired) electrons. The molecule has 1 aliphatic rings. The molecule has 2 aromatic carbocycles. The fraction of sp³-hybridized carbons (Fsp3) is 0.333. The number of nitrogens with zero attached hydrogens (tertiary/aromatic N) is 2. The van der Waals surface area contributed by atoms with Crippen LogP contribution in [-0.2, 0) is 13.8 Å². The predicted molar refractivity (Wildman–Crippen MR) is 134 cm³/mol. The highest BCUT2D eigenvalue weighted by Crippen LogP contribution is 2.56. The second kappa shape index (κ2) is 11.6. The van der Waals surface area contributed by atoms with E-state index in [9.17, 15) is 23.2 Å². The largest absolute Gasteiger partial charge is 0.587 e. The van der Waals surface area contributed by atoms with Crippen molar-refractivity contribution in [1.29, 1.82) is 0 Å². The minimum Gasteiger partial charge on any atom is -0.497 e. The molecule has 41 heavy (non-hydrogen) atoms. The van der Waals surface area contributed by atoms with Gasteiger partial charge in [-0.05, 0) is 54.6 Å². The molecular formula is C24H24F4N3O9P. The van der Waals surface area contributed by atoms with Gasteiger partial charge in [0.1, 0.15) is 35.4 Å². The van der Waals surface area contributed by atoms with E-state index in [0.29, 0.717) is 16.1 Å². The Bertz CT molecular complexity index is 1410. The van der Waals surface area contributed by atoms with Crippen LogP contribution < -0.4 is 29.9 Å². The van der Waals surface area contributed by atoms with E-state index in [1.54, 1.807) is 0 Å². The quantitative estimate of drug-likeness (QED) is 0.243. The number of benzene rings is 2. The maximum Gasteiger partial charge on any atom is 0.587 e. The number of nitrogen functional groups attached to an aromatic ring is 1. The number of aliphatic hydroxyl groups is 1. The van der Waals surface area contributed by atoms with Gasteiger partial charge < -0.3 is 34.1 Å². The van der Waals surface area contributed by atoms with E-state index in [4.69, 9.17) is 33.5 Å². The van der Waals surface area contributed by atoms with Crippen LogP contribution in [0.25, 0.3) is 0 Å². The standard InChI is InChI=1S/C24H24F4N3O9P/c1-35-14-3-7-16(8-4-14)39-41(34,40-17-9-5-15(36-2)6-10-17)37-13-23(21(25)26)24(27,28)19(32)20(38-23)31-12-11-18(29)30-22(31)33/h3-12,19-21,32H,13H2,1-2H3,(H2,29,30,33)/t19?,20-,23+/m1/s1. The summed E-state index contributed by atoms with van der Waals surface area (Å²) in [6.07, 6.45) is -8.52. The van der Waals surface area contributed by atoms with E-state index in [1.165, 1.54) is 62.8 Å². The summed E-state index contributed by atoms with van der Waals surface area (Å²) in [5.41, 5.74) is 0.208. The number of phosphoric ester groups is 1. The molecule has 1 saturated heterocycles. The van der Waals surface area contributed by atoms with Crippen LogP contribution in [0, 0.1) is 0 Å². The summed E-state index contributed by atoms with van der Waals surface area (Å²) in [6.45, 7) is -1.81. The van der Waals surface area contributed by atoms with E-state index in [2.05, 4.69) is 4.98 Å². The lowest BCUT2D eigenvalue weighted by molar-refractivity contribution is -0.242. The molecular weight excluding hydrogens is 581 g/mol. The molecule has 0 amide bonds. The highest BCUT2D eigenvalue weighted by molar-refractivity contribution is 7.49. The molecule has 2 heterocycles. The van der Waals surface area contributed by atoms with Crippen LogP contribution in [0.4, 0.5) is 23.4 Å². The number of nitrogens with two attached hydrogens (primary N) is 1. The number of hydrogen-bond acceptors (Lipinski definition) is 11. The fourth-order valence-corrected chi connectivity index (χ4v) is 5.04. The number of halogens is 4. The van der Waals surface area contributed by atoms with Crippen LogP contribution in [0.1, 0.15) is 6.23 Å².